The van der Waals surface area contributed by atoms with Crippen LogP contribution in [-0.2, 0) is 6.42 Å². The number of para-hydroxylation sites is 2. The monoisotopic (exact) mass is 267 g/mol. The highest BCUT2D eigenvalue weighted by Gasteiger charge is 2.12. The molecule has 0 spiro atoms. The molecule has 0 aliphatic carbocycles. The van der Waals surface area contributed by atoms with Gasteiger partial charge in [-0.05, 0) is 30.2 Å². The van der Waals surface area contributed by atoms with E-state index in [1.54, 1.807) is 24.4 Å². The average Bonchev–Trinajstić information content (AvgIpc) is 2.49. The van der Waals surface area contributed by atoms with E-state index in [1.165, 1.54) is 6.07 Å². The predicted octanol–water partition coefficient (Wildman–Crippen LogP) is 3.01. The largest absolute Gasteiger partial charge is 0.322 e. The normalized spacial score (nSPS) is 12.5. The molecule has 1 heterocycles. The van der Waals surface area contributed by atoms with Crippen LogP contribution >= 0.6 is 0 Å². The van der Waals surface area contributed by atoms with E-state index in [2.05, 4.69) is 9.97 Å². The van der Waals surface area contributed by atoms with E-state index in [1.807, 2.05) is 24.3 Å². The molecule has 0 aliphatic rings. The Morgan fingerprint density at radius 1 is 1.00 bits per heavy atom. The van der Waals surface area contributed by atoms with Crippen LogP contribution in [0.4, 0.5) is 4.39 Å². The van der Waals surface area contributed by atoms with Gasteiger partial charge in [-0.15, -0.1) is 0 Å². The molecule has 3 aromatic rings. The van der Waals surface area contributed by atoms with E-state index in [4.69, 9.17) is 5.73 Å². The molecule has 100 valence electrons. The second-order valence-electron chi connectivity index (χ2n) is 4.69. The first-order valence-corrected chi connectivity index (χ1v) is 6.45. The van der Waals surface area contributed by atoms with Crippen LogP contribution < -0.4 is 5.73 Å². The van der Waals surface area contributed by atoms with E-state index < -0.39 is 0 Å². The minimum absolute atomic E-state index is 0.239. The fraction of sp³-hybridized carbons (Fsp3) is 0.125. The summed E-state index contributed by atoms with van der Waals surface area (Å²) < 4.78 is 13.6. The van der Waals surface area contributed by atoms with Gasteiger partial charge in [0.2, 0.25) is 0 Å². The summed E-state index contributed by atoms with van der Waals surface area (Å²) >= 11 is 0. The molecule has 0 bridgehead atoms. The van der Waals surface area contributed by atoms with E-state index in [0.717, 1.165) is 11.0 Å². The summed E-state index contributed by atoms with van der Waals surface area (Å²) in [7, 11) is 0. The van der Waals surface area contributed by atoms with Crippen LogP contribution in [0.25, 0.3) is 11.0 Å². The number of hydrogen-bond donors (Lipinski definition) is 1. The zero-order valence-electron chi connectivity index (χ0n) is 10.8. The number of hydrogen-bond acceptors (Lipinski definition) is 3. The van der Waals surface area contributed by atoms with Crippen molar-refractivity contribution in [3.63, 3.8) is 0 Å². The van der Waals surface area contributed by atoms with Crippen molar-refractivity contribution in [3.8, 4) is 0 Å². The maximum Gasteiger partial charge on any atom is 0.126 e. The lowest BCUT2D eigenvalue weighted by Gasteiger charge is -2.12. The minimum atomic E-state index is -0.371. The molecule has 3 rings (SSSR count). The molecule has 1 aromatic heterocycles. The van der Waals surface area contributed by atoms with E-state index >= 15 is 0 Å². The molecule has 3 nitrogen and oxygen atoms in total. The molecule has 2 aromatic carbocycles. The van der Waals surface area contributed by atoms with Crippen LogP contribution in [0.5, 0.6) is 0 Å². The third-order valence-corrected chi connectivity index (χ3v) is 3.24. The fourth-order valence-electron chi connectivity index (χ4n) is 2.16. The van der Waals surface area contributed by atoms with Crippen molar-refractivity contribution in [3.05, 3.63) is 71.8 Å². The van der Waals surface area contributed by atoms with Gasteiger partial charge in [0.25, 0.3) is 0 Å². The van der Waals surface area contributed by atoms with Gasteiger partial charge in [-0.3, -0.25) is 4.98 Å². The van der Waals surface area contributed by atoms with Crippen molar-refractivity contribution in [2.24, 2.45) is 5.73 Å². The second-order valence-corrected chi connectivity index (χ2v) is 4.69. The summed E-state index contributed by atoms with van der Waals surface area (Å²) in [4.78, 5) is 8.82. The molecule has 1 unspecified atom stereocenters. The van der Waals surface area contributed by atoms with Gasteiger partial charge in [-0.25, -0.2) is 9.37 Å². The highest BCUT2D eigenvalue weighted by atomic mass is 19.1. The van der Waals surface area contributed by atoms with Gasteiger partial charge in [0.15, 0.2) is 0 Å². The molecule has 2 N–H and O–H groups in total. The molecular formula is C16H14FN3. The van der Waals surface area contributed by atoms with Crippen LogP contribution in [0.3, 0.4) is 0 Å². The maximum atomic E-state index is 13.6. The number of nitrogens with two attached hydrogens (primary N) is 1. The van der Waals surface area contributed by atoms with Gasteiger partial charge < -0.3 is 5.73 Å². The van der Waals surface area contributed by atoms with Crippen molar-refractivity contribution >= 4 is 11.0 Å². The van der Waals surface area contributed by atoms with E-state index in [-0.39, 0.29) is 11.9 Å². The van der Waals surface area contributed by atoms with Gasteiger partial charge in [0, 0.05) is 0 Å². The van der Waals surface area contributed by atoms with Gasteiger partial charge in [-0.2, -0.15) is 0 Å². The van der Waals surface area contributed by atoms with Gasteiger partial charge in [-0.1, -0.05) is 30.3 Å². The molecular weight excluding hydrogens is 253 g/mol. The van der Waals surface area contributed by atoms with Crippen LogP contribution in [0.15, 0.2) is 54.7 Å². The quantitative estimate of drug-likeness (QED) is 0.793. The molecule has 1 atom stereocenters. The minimum Gasteiger partial charge on any atom is -0.322 e. The summed E-state index contributed by atoms with van der Waals surface area (Å²) in [5.74, 6) is -0.239. The number of rotatable bonds is 3. The number of fused-ring (bicyclic) bond motifs is 1. The second kappa shape index (κ2) is 5.35. The van der Waals surface area contributed by atoms with E-state index in [9.17, 15) is 4.39 Å². The smallest absolute Gasteiger partial charge is 0.126 e. The number of nitrogens with zero attached hydrogens (tertiary/aromatic N) is 2. The Bertz CT molecular complexity index is 742. The van der Waals surface area contributed by atoms with E-state index in [0.29, 0.717) is 17.7 Å². The number of halogens is 1. The van der Waals surface area contributed by atoms with Gasteiger partial charge in [0.05, 0.1) is 29.0 Å². The van der Waals surface area contributed by atoms with Crippen LogP contribution in [0, 0.1) is 5.82 Å². The van der Waals surface area contributed by atoms with Crippen LogP contribution in [0.1, 0.15) is 17.3 Å². The Kier molecular flexibility index (Phi) is 3.39. The maximum absolute atomic E-state index is 13.6. The fourth-order valence-corrected chi connectivity index (χ4v) is 2.16. The summed E-state index contributed by atoms with van der Waals surface area (Å²) in [6.45, 7) is 0. The molecule has 0 saturated heterocycles. The molecule has 0 amide bonds. The first kappa shape index (κ1) is 12.7. The summed E-state index contributed by atoms with van der Waals surface area (Å²) in [6, 6.07) is 13.9. The third kappa shape index (κ3) is 2.51. The highest BCUT2D eigenvalue weighted by molar-refractivity contribution is 5.73. The average molecular weight is 267 g/mol. The van der Waals surface area contributed by atoms with Gasteiger partial charge >= 0.3 is 0 Å². The SMILES string of the molecule is NC(Cc1ccccc1F)c1cnc2ccccc2n1. The molecule has 4 heteroatoms. The van der Waals surface area contributed by atoms with Crippen molar-refractivity contribution < 1.29 is 4.39 Å². The Hall–Kier alpha value is -2.33. The summed E-state index contributed by atoms with van der Waals surface area (Å²) in [5, 5.41) is 0. The third-order valence-electron chi connectivity index (χ3n) is 3.24. The van der Waals surface area contributed by atoms with Crippen LogP contribution in [-0.4, -0.2) is 9.97 Å². The zero-order chi connectivity index (χ0) is 13.9. The standard InChI is InChI=1S/C16H14FN3/c17-12-6-2-1-5-11(12)9-13(18)16-10-19-14-7-3-4-8-15(14)20-16/h1-8,10,13H,9,18H2. The lowest BCUT2D eigenvalue weighted by molar-refractivity contribution is 0.590. The Balaban J connectivity index is 1.89. The Labute approximate surface area is 116 Å². The Morgan fingerprint density at radius 2 is 1.70 bits per heavy atom. The lowest BCUT2D eigenvalue weighted by Crippen LogP contribution is -2.16. The van der Waals surface area contributed by atoms with Gasteiger partial charge in [0.1, 0.15) is 5.82 Å². The number of aromatic nitrogens is 2. The molecule has 0 radical (unpaired) electrons. The summed E-state index contributed by atoms with van der Waals surface area (Å²) in [6.07, 6.45) is 2.06. The van der Waals surface area contributed by atoms with Crippen molar-refractivity contribution in [2.75, 3.05) is 0 Å². The summed E-state index contributed by atoms with van der Waals surface area (Å²) in [5.41, 5.74) is 9.01. The zero-order valence-corrected chi connectivity index (χ0v) is 10.8. The van der Waals surface area contributed by atoms with Crippen molar-refractivity contribution in [1.29, 1.82) is 0 Å². The molecule has 20 heavy (non-hydrogen) atoms. The first-order chi connectivity index (χ1) is 9.74. The first-order valence-electron chi connectivity index (χ1n) is 6.45. The lowest BCUT2D eigenvalue weighted by atomic mass is 10.0. The van der Waals surface area contributed by atoms with Crippen molar-refractivity contribution in [2.45, 2.75) is 12.5 Å². The topological polar surface area (TPSA) is 51.8 Å². The molecule has 0 saturated carbocycles. The highest BCUT2D eigenvalue weighted by Crippen LogP contribution is 2.18. The Morgan fingerprint density at radius 3 is 2.50 bits per heavy atom. The molecule has 0 fully saturated rings. The van der Waals surface area contributed by atoms with Crippen molar-refractivity contribution in [1.82, 2.24) is 9.97 Å². The number of benzene rings is 2. The predicted molar refractivity (Wildman–Crippen MR) is 76.6 cm³/mol. The van der Waals surface area contributed by atoms with Crippen LogP contribution in [0.2, 0.25) is 0 Å². The molecule has 0 aliphatic heterocycles.